The number of carbonyl (C=O) groups excluding carboxylic acids is 1. The quantitative estimate of drug-likeness (QED) is 0.588. The van der Waals surface area contributed by atoms with Crippen molar-refractivity contribution in [3.8, 4) is 5.88 Å². The van der Waals surface area contributed by atoms with E-state index in [0.29, 0.717) is 25.7 Å². The summed E-state index contributed by atoms with van der Waals surface area (Å²) in [6, 6.07) is 3.09. The smallest absolute Gasteiger partial charge is 0.400 e. The normalized spacial score (nSPS) is 19.1. The number of carbonyl (C=O) groups is 1. The van der Waals surface area contributed by atoms with Gasteiger partial charge in [-0.05, 0) is 32.0 Å². The average molecular weight is 435 g/mol. The molecule has 1 aromatic heterocycles. The van der Waals surface area contributed by atoms with Crippen LogP contribution in [0.3, 0.4) is 0 Å². The van der Waals surface area contributed by atoms with Crippen molar-refractivity contribution in [3.63, 3.8) is 0 Å². The Kier molecular flexibility index (Phi) is 5.79. The van der Waals surface area contributed by atoms with Gasteiger partial charge in [-0.3, -0.25) is 0 Å². The molecule has 1 aliphatic rings. The van der Waals surface area contributed by atoms with Crippen LogP contribution in [-0.2, 0) is 14.8 Å². The van der Waals surface area contributed by atoms with Crippen LogP contribution in [-0.4, -0.2) is 55.5 Å². The molecular weight excluding hydrogens is 418 g/mol. The van der Waals surface area contributed by atoms with Gasteiger partial charge in [0.15, 0.2) is 5.82 Å². The van der Waals surface area contributed by atoms with E-state index in [9.17, 15) is 30.8 Å². The molecule has 12 heteroatoms. The number of nitrogens with one attached hydrogen (secondary N) is 1. The van der Waals surface area contributed by atoms with Gasteiger partial charge in [-0.2, -0.15) is 17.5 Å². The largest absolute Gasteiger partial charge is 0.491 e. The second-order valence-electron chi connectivity index (χ2n) is 6.50. The lowest BCUT2D eigenvalue weighted by Crippen LogP contribution is -2.41. The molecule has 3 rings (SSSR count). The van der Waals surface area contributed by atoms with Gasteiger partial charge in [0.25, 0.3) is 0 Å². The number of pyridine rings is 1. The maximum atomic E-state index is 14.6. The summed E-state index contributed by atoms with van der Waals surface area (Å²) in [5, 5.41) is 2.24. The summed E-state index contributed by atoms with van der Waals surface area (Å²) >= 11 is 0. The highest BCUT2D eigenvalue weighted by Gasteiger charge is 2.42. The Morgan fingerprint density at radius 1 is 1.34 bits per heavy atom. The van der Waals surface area contributed by atoms with E-state index in [4.69, 9.17) is 0 Å². The zero-order valence-electron chi connectivity index (χ0n) is 15.2. The van der Waals surface area contributed by atoms with Gasteiger partial charge in [0.2, 0.25) is 15.9 Å². The zero-order valence-corrected chi connectivity index (χ0v) is 16.0. The first-order valence-electron chi connectivity index (χ1n) is 8.62. The predicted molar refractivity (Wildman–Crippen MR) is 94.2 cm³/mol. The Morgan fingerprint density at radius 2 is 2.07 bits per heavy atom. The van der Waals surface area contributed by atoms with E-state index in [1.54, 1.807) is 6.92 Å². The van der Waals surface area contributed by atoms with Crippen molar-refractivity contribution in [2.45, 2.75) is 30.5 Å². The fraction of sp³-hybridized carbons (Fsp3) is 0.412. The summed E-state index contributed by atoms with van der Waals surface area (Å²) in [6.45, 7) is 2.88. The lowest BCUT2D eigenvalue weighted by Gasteiger charge is -2.26. The molecule has 0 spiro atoms. The van der Waals surface area contributed by atoms with E-state index in [1.807, 2.05) is 0 Å². The van der Waals surface area contributed by atoms with Gasteiger partial charge in [0.1, 0.15) is 0 Å². The molecule has 1 aromatic carbocycles. The fourth-order valence-electron chi connectivity index (χ4n) is 3.12. The Bertz CT molecular complexity index is 1040. The molecule has 0 bridgehead atoms. The number of benzene rings is 1. The zero-order chi connectivity index (χ0) is 21.4. The highest BCUT2D eigenvalue weighted by Crippen LogP contribution is 2.34. The highest BCUT2D eigenvalue weighted by atomic mass is 32.2. The van der Waals surface area contributed by atoms with Crippen molar-refractivity contribution >= 4 is 26.8 Å². The third-order valence-corrected chi connectivity index (χ3v) is 6.52. The highest BCUT2D eigenvalue weighted by molar-refractivity contribution is 7.89. The lowest BCUT2D eigenvalue weighted by atomic mass is 10.1. The summed E-state index contributed by atoms with van der Waals surface area (Å²) in [5.74, 6) is -4.43. The summed E-state index contributed by atoms with van der Waals surface area (Å²) < 4.78 is 84.0. The standard InChI is InChI=1S/C17H17F4N3O4S/c1-10-8-22-6-3-7-24(10)29(26,27)13-5-2-4-11-14(13)12(18)9-23-15(11)28-16(25)17(19,20)21/h2,4-5,9-10,22H,3,6-8H2,1H3/t10-/m1/s1. The number of ether oxygens (including phenoxy) is 1. The number of esters is 1. The van der Waals surface area contributed by atoms with E-state index >= 15 is 0 Å². The number of sulfonamides is 1. The van der Waals surface area contributed by atoms with Crippen LogP contribution in [0.25, 0.3) is 10.8 Å². The minimum absolute atomic E-state index is 0.190. The molecule has 1 saturated heterocycles. The molecule has 0 radical (unpaired) electrons. The molecule has 0 amide bonds. The number of hydrogen-bond acceptors (Lipinski definition) is 6. The molecule has 0 aliphatic carbocycles. The molecule has 1 aliphatic heterocycles. The first kappa shape index (κ1) is 21.4. The van der Waals surface area contributed by atoms with Gasteiger partial charge in [-0.25, -0.2) is 22.6 Å². The summed E-state index contributed by atoms with van der Waals surface area (Å²) in [4.78, 5) is 14.1. The number of rotatable bonds is 3. The summed E-state index contributed by atoms with van der Waals surface area (Å²) in [5.41, 5.74) is 0. The minimum atomic E-state index is -5.29. The van der Waals surface area contributed by atoms with Crippen LogP contribution >= 0.6 is 0 Å². The van der Waals surface area contributed by atoms with E-state index in [1.165, 1.54) is 10.4 Å². The molecule has 0 unspecified atom stereocenters. The van der Waals surface area contributed by atoms with Crippen molar-refractivity contribution in [1.29, 1.82) is 0 Å². The van der Waals surface area contributed by atoms with Gasteiger partial charge < -0.3 is 10.1 Å². The van der Waals surface area contributed by atoms with Crippen LogP contribution in [0, 0.1) is 5.82 Å². The van der Waals surface area contributed by atoms with Crippen LogP contribution in [0.15, 0.2) is 29.3 Å². The maximum Gasteiger partial charge on any atom is 0.491 e. The first-order chi connectivity index (χ1) is 13.5. The molecule has 7 nitrogen and oxygen atoms in total. The Morgan fingerprint density at radius 3 is 2.76 bits per heavy atom. The number of fused-ring (bicyclic) bond motifs is 1. The fourth-order valence-corrected chi connectivity index (χ4v) is 5.01. The van der Waals surface area contributed by atoms with Crippen molar-refractivity contribution in [2.75, 3.05) is 19.6 Å². The van der Waals surface area contributed by atoms with Gasteiger partial charge in [-0.1, -0.05) is 6.07 Å². The van der Waals surface area contributed by atoms with E-state index in [2.05, 4.69) is 15.0 Å². The van der Waals surface area contributed by atoms with Crippen molar-refractivity contribution in [2.24, 2.45) is 0 Å². The van der Waals surface area contributed by atoms with E-state index < -0.39 is 50.2 Å². The van der Waals surface area contributed by atoms with Crippen molar-refractivity contribution < 1.29 is 35.5 Å². The van der Waals surface area contributed by atoms with Crippen LogP contribution in [0.1, 0.15) is 13.3 Å². The number of alkyl halides is 3. The Hall–Kier alpha value is -2.31. The SMILES string of the molecule is C[C@@H]1CNCCCN1S(=O)(=O)c1cccc2c(OC(=O)C(F)(F)F)ncc(F)c12. The molecule has 2 aromatic rings. The van der Waals surface area contributed by atoms with Crippen LogP contribution in [0.4, 0.5) is 17.6 Å². The van der Waals surface area contributed by atoms with Gasteiger partial charge in [0, 0.05) is 29.9 Å². The van der Waals surface area contributed by atoms with Crippen molar-refractivity contribution in [1.82, 2.24) is 14.6 Å². The minimum Gasteiger partial charge on any atom is -0.400 e. The Labute approximate surface area is 163 Å². The second-order valence-corrected chi connectivity index (χ2v) is 8.36. The van der Waals surface area contributed by atoms with E-state index in [0.717, 1.165) is 12.1 Å². The predicted octanol–water partition coefficient (Wildman–Crippen LogP) is 2.21. The topological polar surface area (TPSA) is 88.6 Å². The number of hydrogen-bond donors (Lipinski definition) is 1. The third-order valence-electron chi connectivity index (χ3n) is 4.46. The number of nitrogens with zero attached hydrogens (tertiary/aromatic N) is 2. The van der Waals surface area contributed by atoms with Crippen LogP contribution in [0.5, 0.6) is 5.88 Å². The molecular formula is C17H17F4N3O4S. The number of halogens is 4. The average Bonchev–Trinajstić information content (AvgIpc) is 2.87. The monoisotopic (exact) mass is 435 g/mol. The second kappa shape index (κ2) is 7.84. The first-order valence-corrected chi connectivity index (χ1v) is 10.1. The molecule has 0 saturated carbocycles. The molecule has 2 heterocycles. The van der Waals surface area contributed by atoms with Crippen LogP contribution < -0.4 is 10.1 Å². The summed E-state index contributed by atoms with van der Waals surface area (Å²) in [6.07, 6.45) is -4.23. The third kappa shape index (κ3) is 4.19. The van der Waals surface area contributed by atoms with Gasteiger partial charge >= 0.3 is 12.1 Å². The molecule has 29 heavy (non-hydrogen) atoms. The lowest BCUT2D eigenvalue weighted by molar-refractivity contribution is -0.189. The van der Waals surface area contributed by atoms with Gasteiger partial charge in [-0.15, -0.1) is 0 Å². The van der Waals surface area contributed by atoms with Gasteiger partial charge in [0.05, 0.1) is 11.1 Å². The maximum absolute atomic E-state index is 14.6. The molecule has 1 fully saturated rings. The van der Waals surface area contributed by atoms with Crippen molar-refractivity contribution in [3.05, 3.63) is 30.2 Å². The molecule has 158 valence electrons. The molecule has 1 N–H and O–H groups in total. The Balaban J connectivity index is 2.15. The van der Waals surface area contributed by atoms with E-state index in [-0.39, 0.29) is 11.9 Å². The molecule has 1 atom stereocenters. The number of aromatic nitrogens is 1. The summed E-state index contributed by atoms with van der Waals surface area (Å²) in [7, 11) is -4.19. The van der Waals surface area contributed by atoms with Crippen LogP contribution in [0.2, 0.25) is 0 Å².